The van der Waals surface area contributed by atoms with E-state index in [1.54, 1.807) is 41.5 Å². The fraction of sp³-hybridized carbons (Fsp3) is 0.459. The number of rotatable bonds is 6. The van der Waals surface area contributed by atoms with Crippen LogP contribution in [-0.2, 0) is 23.8 Å². The number of likely N-dealkylation sites (tertiary alicyclic amines) is 2. The molecule has 16 heteroatoms. The zero-order valence-electron chi connectivity index (χ0n) is 30.7. The Balaban J connectivity index is 0.000000204. The first-order valence-corrected chi connectivity index (χ1v) is 17.1. The van der Waals surface area contributed by atoms with Crippen LogP contribution in [-0.4, -0.2) is 115 Å². The fourth-order valence-corrected chi connectivity index (χ4v) is 5.74. The quantitative estimate of drug-likeness (QED) is 0.205. The number of benzene rings is 2. The van der Waals surface area contributed by atoms with Gasteiger partial charge in [-0.25, -0.2) is 39.1 Å². The third-order valence-corrected chi connectivity index (χ3v) is 7.97. The molecule has 0 saturated carbocycles. The molecule has 6 rings (SSSR count). The van der Waals surface area contributed by atoms with Gasteiger partial charge in [0.1, 0.15) is 35.5 Å². The number of carbonyl (C=O) groups is 4. The Labute approximate surface area is 306 Å². The number of ether oxygens (including phenoxy) is 5. The van der Waals surface area contributed by atoms with E-state index in [0.29, 0.717) is 29.2 Å². The Kier molecular flexibility index (Phi) is 11.5. The number of fused-ring (bicyclic) bond motifs is 2. The van der Waals surface area contributed by atoms with E-state index in [1.165, 1.54) is 29.3 Å². The first kappa shape index (κ1) is 38.4. The number of hydrogen-bond acceptors (Lipinski definition) is 13. The molecule has 4 unspecified atom stereocenters. The summed E-state index contributed by atoms with van der Waals surface area (Å²) in [4.78, 5) is 68.3. The number of carbonyl (C=O) groups excluding carboxylic acids is 3. The van der Waals surface area contributed by atoms with E-state index in [1.807, 2.05) is 48.5 Å². The number of hydrogen-bond donors (Lipinski definition) is 1. The Bertz CT molecular complexity index is 1960. The summed E-state index contributed by atoms with van der Waals surface area (Å²) >= 11 is 0. The predicted octanol–water partition coefficient (Wildman–Crippen LogP) is 5.03. The minimum Gasteiger partial charge on any atom is -0.480 e. The van der Waals surface area contributed by atoms with Gasteiger partial charge in [-0.2, -0.15) is 0 Å². The van der Waals surface area contributed by atoms with Gasteiger partial charge in [-0.1, -0.05) is 24.3 Å². The molecule has 0 bridgehead atoms. The number of aliphatic carboxylic acids is 1. The molecule has 53 heavy (non-hydrogen) atoms. The summed E-state index contributed by atoms with van der Waals surface area (Å²) in [5.41, 5.74) is 1.52. The molecule has 2 saturated heterocycles. The number of aromatic nitrogens is 4. The molecule has 0 aliphatic carbocycles. The summed E-state index contributed by atoms with van der Waals surface area (Å²) in [6.07, 6.45) is 1.31. The molecule has 4 atom stereocenters. The number of carboxylic acids is 1. The van der Waals surface area contributed by atoms with Gasteiger partial charge in [0.15, 0.2) is 0 Å². The molecule has 2 amide bonds. The summed E-state index contributed by atoms with van der Waals surface area (Å²) in [6, 6.07) is 13.1. The summed E-state index contributed by atoms with van der Waals surface area (Å²) < 4.78 is 27.2. The first-order valence-electron chi connectivity index (χ1n) is 17.1. The van der Waals surface area contributed by atoms with E-state index in [9.17, 15) is 24.3 Å². The van der Waals surface area contributed by atoms with Crippen LogP contribution in [0.1, 0.15) is 54.4 Å². The Morgan fingerprint density at radius 2 is 1.06 bits per heavy atom. The van der Waals surface area contributed by atoms with Crippen molar-refractivity contribution in [2.75, 3.05) is 20.2 Å². The lowest BCUT2D eigenvalue weighted by molar-refractivity contribution is -0.145. The summed E-state index contributed by atoms with van der Waals surface area (Å²) in [5, 5.41) is 9.42. The van der Waals surface area contributed by atoms with Gasteiger partial charge in [-0.3, -0.25) is 9.80 Å². The number of nitrogens with zero attached hydrogens (tertiary/aromatic N) is 6. The van der Waals surface area contributed by atoms with Crippen molar-refractivity contribution in [3.63, 3.8) is 0 Å². The molecule has 2 aliphatic rings. The van der Waals surface area contributed by atoms with E-state index in [0.717, 1.165) is 11.0 Å². The zero-order valence-corrected chi connectivity index (χ0v) is 30.7. The molecule has 4 aromatic rings. The van der Waals surface area contributed by atoms with Crippen molar-refractivity contribution in [3.05, 3.63) is 60.9 Å². The molecule has 16 nitrogen and oxygen atoms in total. The largest absolute Gasteiger partial charge is 0.480 e. The Hall–Kier alpha value is -5.80. The van der Waals surface area contributed by atoms with Gasteiger partial charge < -0.3 is 28.8 Å². The monoisotopic (exact) mass is 732 g/mol. The van der Waals surface area contributed by atoms with Gasteiger partial charge in [0, 0.05) is 12.8 Å². The van der Waals surface area contributed by atoms with Crippen molar-refractivity contribution in [2.24, 2.45) is 0 Å². The van der Waals surface area contributed by atoms with Crippen molar-refractivity contribution in [1.29, 1.82) is 0 Å². The standard InChI is InChI=1S/C19H23N3O5.C18H21N3O5/c1-19(2,3)27-18(24)22-11-12(9-15(22)17(23)25-4)26-16-10-20-13-7-5-6-8-14(13)21-16;1-18(2,3)26-17(24)21-10-11(8-14(21)16(22)23)25-15-9-19-12-6-4-5-7-13(12)20-15/h5-8,10,12,15H,9,11H2,1-4H3;4-7,9,11,14H,8,10H2,1-3H3,(H,22,23). The third kappa shape index (κ3) is 10.2. The van der Waals surface area contributed by atoms with Gasteiger partial charge in [0.2, 0.25) is 11.8 Å². The lowest BCUT2D eigenvalue weighted by Gasteiger charge is -2.27. The van der Waals surface area contributed by atoms with Crippen LogP contribution in [0.15, 0.2) is 60.9 Å². The predicted molar refractivity (Wildman–Crippen MR) is 190 cm³/mol. The molecule has 0 spiro atoms. The number of esters is 1. The van der Waals surface area contributed by atoms with E-state index in [-0.39, 0.29) is 19.5 Å². The maximum Gasteiger partial charge on any atom is 0.411 e. The second kappa shape index (κ2) is 15.8. The zero-order chi connectivity index (χ0) is 38.5. The molecule has 0 radical (unpaired) electrons. The smallest absolute Gasteiger partial charge is 0.411 e. The van der Waals surface area contributed by atoms with Crippen LogP contribution < -0.4 is 9.47 Å². The molecule has 2 aliphatic heterocycles. The molecule has 4 heterocycles. The molecular formula is C37H44N6O10. The van der Waals surface area contributed by atoms with Gasteiger partial charge in [-0.15, -0.1) is 0 Å². The fourth-order valence-electron chi connectivity index (χ4n) is 5.74. The van der Waals surface area contributed by atoms with Crippen LogP contribution in [0.5, 0.6) is 11.8 Å². The molecule has 282 valence electrons. The third-order valence-electron chi connectivity index (χ3n) is 7.97. The molecule has 2 aromatic carbocycles. The first-order chi connectivity index (χ1) is 25.0. The lowest BCUT2D eigenvalue weighted by Crippen LogP contribution is -2.44. The minimum absolute atomic E-state index is 0.111. The number of para-hydroxylation sites is 4. The van der Waals surface area contributed by atoms with Crippen LogP contribution in [0.3, 0.4) is 0 Å². The van der Waals surface area contributed by atoms with Gasteiger partial charge in [0.25, 0.3) is 0 Å². The minimum atomic E-state index is -1.09. The SMILES string of the molecule is CC(C)(C)OC(=O)N1CC(Oc2cnc3ccccc3n2)CC1C(=O)O.COC(=O)C1CC(Oc2cnc3ccccc3n2)CN1C(=O)OC(C)(C)C. The van der Waals surface area contributed by atoms with Crippen LogP contribution in [0.2, 0.25) is 0 Å². The topological polar surface area (TPSA) is 193 Å². The highest BCUT2D eigenvalue weighted by Gasteiger charge is 2.44. The molecular weight excluding hydrogens is 688 g/mol. The van der Waals surface area contributed by atoms with E-state index < -0.39 is 59.6 Å². The average Bonchev–Trinajstić information content (AvgIpc) is 3.72. The Morgan fingerprint density at radius 3 is 1.45 bits per heavy atom. The van der Waals surface area contributed by atoms with Crippen LogP contribution in [0, 0.1) is 0 Å². The van der Waals surface area contributed by atoms with Crippen molar-refractivity contribution in [3.8, 4) is 11.8 Å². The number of carboxylic acid groups (broad SMARTS) is 1. The molecule has 1 N–H and O–H groups in total. The van der Waals surface area contributed by atoms with Crippen LogP contribution in [0.4, 0.5) is 9.59 Å². The summed E-state index contributed by atoms with van der Waals surface area (Å²) in [7, 11) is 1.29. The number of amides is 2. The highest BCUT2D eigenvalue weighted by Crippen LogP contribution is 2.27. The van der Waals surface area contributed by atoms with Crippen molar-refractivity contribution in [2.45, 2.75) is 89.9 Å². The van der Waals surface area contributed by atoms with Crippen molar-refractivity contribution >= 4 is 46.2 Å². The summed E-state index contributed by atoms with van der Waals surface area (Å²) in [5.74, 6) is -0.958. The van der Waals surface area contributed by atoms with Crippen LogP contribution >= 0.6 is 0 Å². The normalized spacial score (nSPS) is 20.0. The van der Waals surface area contributed by atoms with Crippen molar-refractivity contribution in [1.82, 2.24) is 29.7 Å². The maximum atomic E-state index is 12.5. The van der Waals surface area contributed by atoms with E-state index >= 15 is 0 Å². The van der Waals surface area contributed by atoms with E-state index in [4.69, 9.17) is 23.7 Å². The Morgan fingerprint density at radius 1 is 0.660 bits per heavy atom. The van der Waals surface area contributed by atoms with Gasteiger partial charge in [0.05, 0.1) is 54.7 Å². The van der Waals surface area contributed by atoms with Crippen LogP contribution in [0.25, 0.3) is 22.1 Å². The van der Waals surface area contributed by atoms with Crippen molar-refractivity contribution < 1.29 is 48.0 Å². The maximum absolute atomic E-state index is 12.5. The molecule has 2 aromatic heterocycles. The van der Waals surface area contributed by atoms with E-state index in [2.05, 4.69) is 19.9 Å². The van der Waals surface area contributed by atoms with Gasteiger partial charge >= 0.3 is 24.1 Å². The summed E-state index contributed by atoms with van der Waals surface area (Å²) in [6.45, 7) is 10.8. The molecule has 2 fully saturated rings. The second-order valence-corrected chi connectivity index (χ2v) is 14.5. The van der Waals surface area contributed by atoms with Gasteiger partial charge in [-0.05, 0) is 65.8 Å². The second-order valence-electron chi connectivity index (χ2n) is 14.5. The number of methoxy groups -OCH3 is 1. The highest BCUT2D eigenvalue weighted by atomic mass is 16.6. The lowest BCUT2D eigenvalue weighted by atomic mass is 10.2. The average molecular weight is 733 g/mol. The highest BCUT2D eigenvalue weighted by molar-refractivity contribution is 5.83.